The summed E-state index contributed by atoms with van der Waals surface area (Å²) in [5.74, 6) is 1.39. The summed E-state index contributed by atoms with van der Waals surface area (Å²) < 4.78 is 15.9. The lowest BCUT2D eigenvalue weighted by Crippen LogP contribution is -2.32. The molecule has 1 aliphatic heterocycles. The molecule has 2 unspecified atom stereocenters. The fourth-order valence-corrected chi connectivity index (χ4v) is 2.12. The van der Waals surface area contributed by atoms with Gasteiger partial charge in [0.1, 0.15) is 0 Å². The van der Waals surface area contributed by atoms with E-state index >= 15 is 0 Å². The quantitative estimate of drug-likeness (QED) is 0.768. The molecule has 1 N–H and O–H groups in total. The molecule has 1 aromatic rings. The first-order chi connectivity index (χ1) is 8.81. The van der Waals surface area contributed by atoms with Crippen LogP contribution in [-0.4, -0.2) is 49.7 Å². The smallest absolute Gasteiger partial charge is 0.228 e. The van der Waals surface area contributed by atoms with Gasteiger partial charge in [0.05, 0.1) is 12.7 Å². The van der Waals surface area contributed by atoms with Gasteiger partial charge >= 0.3 is 0 Å². The molecule has 0 spiro atoms. The number of likely N-dealkylation sites (N-methyl/N-ethyl adjacent to an activating group) is 1. The Hall–Kier alpha value is -0.980. The molecule has 0 aliphatic carbocycles. The second kappa shape index (κ2) is 6.82. The molecule has 6 nitrogen and oxygen atoms in total. The SMILES string of the molecule is CNC(COC)Cc1nc(CC2CCCO2)no1. The molecule has 102 valence electrons. The van der Waals surface area contributed by atoms with Gasteiger partial charge in [0.2, 0.25) is 5.89 Å². The molecule has 0 saturated carbocycles. The van der Waals surface area contributed by atoms with Crippen LogP contribution in [0.5, 0.6) is 0 Å². The van der Waals surface area contributed by atoms with Gasteiger partial charge < -0.3 is 19.3 Å². The molecule has 0 bridgehead atoms. The first-order valence-electron chi connectivity index (χ1n) is 6.41. The van der Waals surface area contributed by atoms with Crippen LogP contribution in [0.4, 0.5) is 0 Å². The van der Waals surface area contributed by atoms with E-state index < -0.39 is 0 Å². The Morgan fingerprint density at radius 2 is 2.44 bits per heavy atom. The largest absolute Gasteiger partial charge is 0.383 e. The number of nitrogens with zero attached hydrogens (tertiary/aromatic N) is 2. The molecule has 6 heteroatoms. The lowest BCUT2D eigenvalue weighted by Gasteiger charge is -2.11. The minimum atomic E-state index is 0.200. The predicted octanol–water partition coefficient (Wildman–Crippen LogP) is 0.568. The van der Waals surface area contributed by atoms with E-state index in [0.717, 1.165) is 31.7 Å². The number of hydrogen-bond donors (Lipinski definition) is 1. The first-order valence-corrected chi connectivity index (χ1v) is 6.41. The fourth-order valence-electron chi connectivity index (χ4n) is 2.12. The van der Waals surface area contributed by atoms with E-state index in [1.54, 1.807) is 7.11 Å². The minimum Gasteiger partial charge on any atom is -0.383 e. The predicted molar refractivity (Wildman–Crippen MR) is 65.4 cm³/mol. The zero-order chi connectivity index (χ0) is 12.8. The monoisotopic (exact) mass is 255 g/mol. The van der Waals surface area contributed by atoms with Gasteiger partial charge in [-0.1, -0.05) is 5.16 Å². The van der Waals surface area contributed by atoms with E-state index in [9.17, 15) is 0 Å². The van der Waals surface area contributed by atoms with Crippen molar-refractivity contribution in [3.8, 4) is 0 Å². The first kappa shape index (κ1) is 13.5. The summed E-state index contributed by atoms with van der Waals surface area (Å²) in [6.07, 6.45) is 3.91. The normalized spacial score (nSPS) is 21.3. The van der Waals surface area contributed by atoms with E-state index in [1.807, 2.05) is 7.05 Å². The van der Waals surface area contributed by atoms with Crippen molar-refractivity contribution in [1.82, 2.24) is 15.5 Å². The molecule has 1 aromatic heterocycles. The Balaban J connectivity index is 1.84. The molecule has 0 amide bonds. The van der Waals surface area contributed by atoms with Gasteiger partial charge in [-0.3, -0.25) is 0 Å². The maximum atomic E-state index is 5.55. The van der Waals surface area contributed by atoms with Crippen LogP contribution in [0, 0.1) is 0 Å². The van der Waals surface area contributed by atoms with Crippen LogP contribution in [-0.2, 0) is 22.3 Å². The summed E-state index contributed by atoms with van der Waals surface area (Å²) in [6.45, 7) is 1.48. The van der Waals surface area contributed by atoms with Crippen molar-refractivity contribution in [2.45, 2.75) is 37.8 Å². The van der Waals surface area contributed by atoms with E-state index in [-0.39, 0.29) is 12.1 Å². The summed E-state index contributed by atoms with van der Waals surface area (Å²) in [6, 6.07) is 0.200. The average molecular weight is 255 g/mol. The molecule has 2 heterocycles. The highest BCUT2D eigenvalue weighted by molar-refractivity contribution is 4.92. The van der Waals surface area contributed by atoms with E-state index in [1.165, 1.54) is 0 Å². The highest BCUT2D eigenvalue weighted by atomic mass is 16.5. The molecular weight excluding hydrogens is 234 g/mol. The third kappa shape index (κ3) is 3.76. The highest BCUT2D eigenvalue weighted by Crippen LogP contribution is 2.15. The van der Waals surface area contributed by atoms with Gasteiger partial charge in [-0.2, -0.15) is 4.98 Å². The summed E-state index contributed by atoms with van der Waals surface area (Å²) in [7, 11) is 3.58. The third-order valence-corrected chi connectivity index (χ3v) is 3.14. The molecule has 2 atom stereocenters. The number of rotatable bonds is 7. The zero-order valence-electron chi connectivity index (χ0n) is 11.0. The molecule has 2 rings (SSSR count). The molecule has 1 aliphatic rings. The van der Waals surface area contributed by atoms with Crippen molar-refractivity contribution < 1.29 is 14.0 Å². The van der Waals surface area contributed by atoms with Gasteiger partial charge in [0, 0.05) is 32.6 Å². The number of hydrogen-bond acceptors (Lipinski definition) is 6. The Labute approximate surface area is 107 Å². The molecule has 0 radical (unpaired) electrons. The summed E-state index contributed by atoms with van der Waals surface area (Å²) in [5, 5.41) is 7.15. The Bertz CT molecular complexity index is 350. The van der Waals surface area contributed by atoms with Crippen LogP contribution in [0.2, 0.25) is 0 Å². The van der Waals surface area contributed by atoms with Crippen LogP contribution in [0.25, 0.3) is 0 Å². The lowest BCUT2D eigenvalue weighted by molar-refractivity contribution is 0.109. The highest BCUT2D eigenvalue weighted by Gasteiger charge is 2.19. The van der Waals surface area contributed by atoms with Gasteiger partial charge in [-0.15, -0.1) is 0 Å². The average Bonchev–Trinajstić information content (AvgIpc) is 3.01. The van der Waals surface area contributed by atoms with Crippen molar-refractivity contribution >= 4 is 0 Å². The van der Waals surface area contributed by atoms with Crippen molar-refractivity contribution in [2.24, 2.45) is 0 Å². The fraction of sp³-hybridized carbons (Fsp3) is 0.833. The molecule has 1 saturated heterocycles. The second-order valence-corrected chi connectivity index (χ2v) is 4.59. The zero-order valence-corrected chi connectivity index (χ0v) is 11.0. The Morgan fingerprint density at radius 1 is 1.56 bits per heavy atom. The minimum absolute atomic E-state index is 0.200. The van der Waals surface area contributed by atoms with Gasteiger partial charge in [-0.05, 0) is 19.9 Å². The standard InChI is InChI=1S/C12H21N3O3/c1-13-9(8-16-2)6-12-14-11(15-18-12)7-10-4-3-5-17-10/h9-10,13H,3-8H2,1-2H3. The topological polar surface area (TPSA) is 69.4 Å². The van der Waals surface area contributed by atoms with E-state index in [0.29, 0.717) is 18.9 Å². The molecule has 1 fully saturated rings. The second-order valence-electron chi connectivity index (χ2n) is 4.59. The number of nitrogens with one attached hydrogen (secondary N) is 1. The summed E-state index contributed by atoms with van der Waals surface area (Å²) in [4.78, 5) is 4.39. The van der Waals surface area contributed by atoms with Crippen molar-refractivity contribution in [1.29, 1.82) is 0 Å². The molecular formula is C12H21N3O3. The third-order valence-electron chi connectivity index (χ3n) is 3.14. The Kier molecular flexibility index (Phi) is 5.10. The number of ether oxygens (including phenoxy) is 2. The summed E-state index contributed by atoms with van der Waals surface area (Å²) in [5.41, 5.74) is 0. The van der Waals surface area contributed by atoms with E-state index in [2.05, 4.69) is 15.5 Å². The van der Waals surface area contributed by atoms with Crippen LogP contribution in [0.1, 0.15) is 24.6 Å². The maximum Gasteiger partial charge on any atom is 0.228 e. The number of aromatic nitrogens is 2. The van der Waals surface area contributed by atoms with Crippen LogP contribution in [0.15, 0.2) is 4.52 Å². The lowest BCUT2D eigenvalue weighted by atomic mass is 10.2. The molecule has 0 aromatic carbocycles. The van der Waals surface area contributed by atoms with Gasteiger partial charge in [0.25, 0.3) is 0 Å². The van der Waals surface area contributed by atoms with Crippen molar-refractivity contribution in [2.75, 3.05) is 27.4 Å². The number of methoxy groups -OCH3 is 1. The van der Waals surface area contributed by atoms with Crippen molar-refractivity contribution in [3.63, 3.8) is 0 Å². The van der Waals surface area contributed by atoms with Crippen LogP contribution >= 0.6 is 0 Å². The van der Waals surface area contributed by atoms with Crippen LogP contribution in [0.3, 0.4) is 0 Å². The van der Waals surface area contributed by atoms with Gasteiger partial charge in [0.15, 0.2) is 5.82 Å². The van der Waals surface area contributed by atoms with E-state index in [4.69, 9.17) is 14.0 Å². The summed E-state index contributed by atoms with van der Waals surface area (Å²) >= 11 is 0. The maximum absolute atomic E-state index is 5.55. The Morgan fingerprint density at radius 3 is 3.11 bits per heavy atom. The van der Waals surface area contributed by atoms with Crippen LogP contribution < -0.4 is 5.32 Å². The van der Waals surface area contributed by atoms with Crippen molar-refractivity contribution in [3.05, 3.63) is 11.7 Å². The molecule has 18 heavy (non-hydrogen) atoms. The van der Waals surface area contributed by atoms with Gasteiger partial charge in [-0.25, -0.2) is 0 Å².